The van der Waals surface area contributed by atoms with Gasteiger partial charge in [0.15, 0.2) is 0 Å². The van der Waals surface area contributed by atoms with Crippen LogP contribution in [0.25, 0.3) is 11.0 Å². The van der Waals surface area contributed by atoms with Gasteiger partial charge in [0.1, 0.15) is 12.4 Å². The fourth-order valence-corrected chi connectivity index (χ4v) is 5.76. The minimum atomic E-state index is -0.399. The molecule has 0 saturated heterocycles. The summed E-state index contributed by atoms with van der Waals surface area (Å²) < 4.78 is 8.56. The summed E-state index contributed by atoms with van der Waals surface area (Å²) in [5, 5.41) is 12.6. The van der Waals surface area contributed by atoms with Crippen molar-refractivity contribution in [2.75, 3.05) is 25.2 Å². The molecule has 1 aliphatic carbocycles. The van der Waals surface area contributed by atoms with Crippen LogP contribution >= 0.6 is 0 Å². The molecule has 0 atom stereocenters. The fourth-order valence-electron chi connectivity index (χ4n) is 5.76. The first kappa shape index (κ1) is 26.0. The summed E-state index contributed by atoms with van der Waals surface area (Å²) in [6.45, 7) is 1.34. The van der Waals surface area contributed by atoms with Gasteiger partial charge in [0.05, 0.1) is 23.8 Å². The van der Waals surface area contributed by atoms with E-state index >= 15 is 0 Å². The quantitative estimate of drug-likeness (QED) is 0.494. The predicted octanol–water partition coefficient (Wildman–Crippen LogP) is 2.63. The lowest BCUT2D eigenvalue weighted by molar-refractivity contribution is -0.122. The first-order chi connectivity index (χ1) is 18.5. The molecule has 5 rings (SSSR count). The molecule has 3 aromatic rings. The van der Waals surface area contributed by atoms with Crippen molar-refractivity contribution in [3.8, 4) is 0 Å². The van der Waals surface area contributed by atoms with Gasteiger partial charge in [-0.2, -0.15) is 0 Å². The maximum Gasteiger partial charge on any atom is 0.414 e. The molecule has 10 heteroatoms. The number of rotatable bonds is 7. The van der Waals surface area contributed by atoms with E-state index in [0.29, 0.717) is 25.4 Å². The third-order valence-corrected chi connectivity index (χ3v) is 7.82. The van der Waals surface area contributed by atoms with E-state index in [1.807, 2.05) is 22.8 Å². The highest BCUT2D eigenvalue weighted by molar-refractivity contribution is 5.95. The van der Waals surface area contributed by atoms with Crippen LogP contribution in [-0.2, 0) is 35.5 Å². The number of aliphatic hydroxyl groups excluding tert-OH is 1. The van der Waals surface area contributed by atoms with Crippen molar-refractivity contribution in [3.05, 3.63) is 58.3 Å². The molecule has 0 radical (unpaired) electrons. The standard InChI is InChI=1S/C28H35N5O5/c1-38-28(37)32-15-4-5-21-22(32)11-12-23-27(21)30-24(13-16-31-14-3-2-6-26(31)36)33(23)17-25(35)29-20-9-7-19(18-34)8-10-20/h2-3,6,11-12,14,19-20,34H,4-5,7-10,13,15-18H2,1H3,(H,29,35). The number of amides is 2. The third kappa shape index (κ3) is 5.31. The van der Waals surface area contributed by atoms with Gasteiger partial charge in [0.2, 0.25) is 5.91 Å². The van der Waals surface area contributed by atoms with Crippen LogP contribution in [0.3, 0.4) is 0 Å². The molecule has 2 N–H and O–H groups in total. The molecule has 1 aromatic carbocycles. The van der Waals surface area contributed by atoms with Gasteiger partial charge in [0, 0.05) is 50.0 Å². The minimum absolute atomic E-state index is 0.0798. The Kier molecular flexibility index (Phi) is 7.78. The van der Waals surface area contributed by atoms with Crippen LogP contribution in [0.4, 0.5) is 10.5 Å². The number of nitrogens with one attached hydrogen (secondary N) is 1. The minimum Gasteiger partial charge on any atom is -0.452 e. The van der Waals surface area contributed by atoms with Crippen molar-refractivity contribution in [3.63, 3.8) is 0 Å². The van der Waals surface area contributed by atoms with Crippen molar-refractivity contribution in [2.24, 2.45) is 5.92 Å². The molecular formula is C28H35N5O5. The van der Waals surface area contributed by atoms with E-state index < -0.39 is 6.09 Å². The number of ether oxygens (including phenoxy) is 1. The number of fused-ring (bicyclic) bond motifs is 3. The molecular weight excluding hydrogens is 486 g/mol. The largest absolute Gasteiger partial charge is 0.452 e. The lowest BCUT2D eigenvalue weighted by atomic mass is 9.86. The number of pyridine rings is 1. The van der Waals surface area contributed by atoms with E-state index in [0.717, 1.165) is 66.6 Å². The second kappa shape index (κ2) is 11.4. The second-order valence-corrected chi connectivity index (χ2v) is 10.2. The van der Waals surface area contributed by atoms with Gasteiger partial charge >= 0.3 is 6.09 Å². The molecule has 0 unspecified atom stereocenters. The zero-order valence-corrected chi connectivity index (χ0v) is 21.8. The number of aliphatic hydroxyl groups is 1. The summed E-state index contributed by atoms with van der Waals surface area (Å²) in [5.41, 5.74) is 3.29. The number of hydrogen-bond donors (Lipinski definition) is 2. The smallest absolute Gasteiger partial charge is 0.414 e. The number of carbonyl (C=O) groups excluding carboxylic acids is 2. The van der Waals surface area contributed by atoms with Gasteiger partial charge in [-0.15, -0.1) is 0 Å². The number of nitrogens with zero attached hydrogens (tertiary/aromatic N) is 4. The number of methoxy groups -OCH3 is 1. The van der Waals surface area contributed by atoms with Crippen LogP contribution in [-0.4, -0.2) is 57.5 Å². The average molecular weight is 522 g/mol. The second-order valence-electron chi connectivity index (χ2n) is 10.2. The van der Waals surface area contributed by atoms with E-state index in [4.69, 9.17) is 9.72 Å². The van der Waals surface area contributed by atoms with Crippen LogP contribution in [0, 0.1) is 5.92 Å². The van der Waals surface area contributed by atoms with Crippen LogP contribution in [0.15, 0.2) is 41.3 Å². The molecule has 3 heterocycles. The van der Waals surface area contributed by atoms with E-state index in [1.165, 1.54) is 13.2 Å². The molecule has 1 aliphatic heterocycles. The van der Waals surface area contributed by atoms with Crippen molar-refractivity contribution in [2.45, 2.75) is 64.1 Å². The van der Waals surface area contributed by atoms with Crippen molar-refractivity contribution < 1.29 is 19.4 Å². The number of carbonyl (C=O) groups is 2. The Hall–Kier alpha value is -3.66. The molecule has 2 amide bonds. The zero-order valence-electron chi connectivity index (χ0n) is 21.8. The Morgan fingerprint density at radius 1 is 1.16 bits per heavy atom. The average Bonchev–Trinajstić information content (AvgIpc) is 3.29. The summed E-state index contributed by atoms with van der Waals surface area (Å²) in [5.74, 6) is 0.965. The SMILES string of the molecule is COC(=O)N1CCCc2c1ccc1c2nc(CCn2ccccc2=O)n1CC(=O)NC1CCC(CO)CC1. The van der Waals surface area contributed by atoms with E-state index in [-0.39, 0.29) is 30.7 Å². The van der Waals surface area contributed by atoms with Crippen molar-refractivity contribution >= 4 is 28.7 Å². The van der Waals surface area contributed by atoms with Gasteiger partial charge in [-0.3, -0.25) is 14.5 Å². The Labute approximate surface area is 221 Å². The number of anilines is 1. The molecule has 10 nitrogen and oxygen atoms in total. The van der Waals surface area contributed by atoms with Crippen LogP contribution in [0.1, 0.15) is 43.5 Å². The first-order valence-electron chi connectivity index (χ1n) is 13.4. The number of hydrogen-bond acceptors (Lipinski definition) is 6. The zero-order chi connectivity index (χ0) is 26.6. The van der Waals surface area contributed by atoms with E-state index in [2.05, 4.69) is 5.32 Å². The molecule has 202 valence electrons. The maximum absolute atomic E-state index is 13.2. The van der Waals surface area contributed by atoms with E-state index in [1.54, 1.807) is 21.7 Å². The summed E-state index contributed by atoms with van der Waals surface area (Å²) in [4.78, 5) is 44.4. The van der Waals surface area contributed by atoms with Gasteiger partial charge in [-0.1, -0.05) is 6.07 Å². The van der Waals surface area contributed by atoms with E-state index in [9.17, 15) is 19.5 Å². The first-order valence-corrected chi connectivity index (χ1v) is 13.4. The third-order valence-electron chi connectivity index (χ3n) is 7.82. The molecule has 2 aliphatic rings. The molecule has 0 bridgehead atoms. The number of benzene rings is 1. The number of imidazole rings is 1. The van der Waals surface area contributed by atoms with Crippen LogP contribution in [0.2, 0.25) is 0 Å². The summed E-state index contributed by atoms with van der Waals surface area (Å²) >= 11 is 0. The highest BCUT2D eigenvalue weighted by atomic mass is 16.5. The Bertz CT molecular complexity index is 1370. The molecule has 1 saturated carbocycles. The Balaban J connectivity index is 1.45. The maximum atomic E-state index is 13.2. The highest BCUT2D eigenvalue weighted by Gasteiger charge is 2.28. The molecule has 2 aromatic heterocycles. The van der Waals surface area contributed by atoms with Gasteiger partial charge in [-0.05, 0) is 62.6 Å². The predicted molar refractivity (Wildman–Crippen MR) is 143 cm³/mol. The van der Waals surface area contributed by atoms with Crippen molar-refractivity contribution in [1.82, 2.24) is 19.4 Å². The van der Waals surface area contributed by atoms with Crippen molar-refractivity contribution in [1.29, 1.82) is 0 Å². The normalized spacial score (nSPS) is 19.3. The molecule has 0 spiro atoms. The number of aromatic nitrogens is 3. The molecule has 38 heavy (non-hydrogen) atoms. The van der Waals surface area contributed by atoms with Crippen LogP contribution < -0.4 is 15.8 Å². The molecule has 1 fully saturated rings. The number of aryl methyl sites for hydroxylation is 3. The lowest BCUT2D eigenvalue weighted by Crippen LogP contribution is -2.40. The highest BCUT2D eigenvalue weighted by Crippen LogP contribution is 2.34. The summed E-state index contributed by atoms with van der Waals surface area (Å²) in [7, 11) is 1.38. The van der Waals surface area contributed by atoms with Gasteiger partial charge in [-0.25, -0.2) is 9.78 Å². The topological polar surface area (TPSA) is 119 Å². The Morgan fingerprint density at radius 3 is 2.71 bits per heavy atom. The van der Waals surface area contributed by atoms with Crippen LogP contribution in [0.5, 0.6) is 0 Å². The Morgan fingerprint density at radius 2 is 1.97 bits per heavy atom. The van der Waals surface area contributed by atoms with Gasteiger partial charge < -0.3 is 24.3 Å². The summed E-state index contributed by atoms with van der Waals surface area (Å²) in [6.07, 6.45) is 6.94. The lowest BCUT2D eigenvalue weighted by Gasteiger charge is -2.28. The summed E-state index contributed by atoms with van der Waals surface area (Å²) in [6, 6.07) is 8.99. The monoisotopic (exact) mass is 521 g/mol. The van der Waals surface area contributed by atoms with Gasteiger partial charge in [0.25, 0.3) is 5.56 Å². The fraction of sp³-hybridized carbons (Fsp3) is 0.500.